The Labute approximate surface area is 783 Å². The fourth-order valence-corrected chi connectivity index (χ4v) is 14.9. The van der Waals surface area contributed by atoms with Gasteiger partial charge in [-0.3, -0.25) is 52.2 Å². The molecule has 43 nitrogen and oxygen atoms in total. The number of esters is 3. The number of hydrogen-bond acceptors (Lipinski definition) is 33. The van der Waals surface area contributed by atoms with Gasteiger partial charge in [-0.25, -0.2) is 38.4 Å². The quantitative estimate of drug-likeness (QED) is 0.0153. The highest BCUT2D eigenvalue weighted by molar-refractivity contribution is 6.04. The molecule has 0 aliphatic rings. The van der Waals surface area contributed by atoms with E-state index in [1.807, 2.05) is 185 Å². The van der Waals surface area contributed by atoms with Crippen LogP contribution < -0.4 is 40.7 Å². The van der Waals surface area contributed by atoms with Gasteiger partial charge >= 0.3 is 47.5 Å². The van der Waals surface area contributed by atoms with Crippen LogP contribution in [0.5, 0.6) is 18.0 Å². The number of carbonyl (C=O) groups is 5. The molecule has 9 aromatic carbocycles. The number of para-hydroxylation sites is 3. The number of benzene rings is 9. The summed E-state index contributed by atoms with van der Waals surface area (Å²) >= 11 is 0. The van der Waals surface area contributed by atoms with Gasteiger partial charge in [0.15, 0.2) is 39.9 Å². The maximum Gasteiger partial charge on any atom is 0.511 e. The van der Waals surface area contributed by atoms with Crippen molar-refractivity contribution >= 4 is 63.3 Å². The third-order valence-electron chi connectivity index (χ3n) is 21.8. The summed E-state index contributed by atoms with van der Waals surface area (Å²) in [5.41, 5.74) is 17.6. The average Bonchev–Trinajstić information content (AvgIpc) is 1.63. The molecular formula is C96H86N18O25+2. The molecule has 1 atom stereocenters. The zero-order valence-corrected chi connectivity index (χ0v) is 75.7. The first-order valence-corrected chi connectivity index (χ1v) is 43.1. The van der Waals surface area contributed by atoms with Gasteiger partial charge in [0.25, 0.3) is 18.0 Å². The van der Waals surface area contributed by atoms with Crippen molar-refractivity contribution in [1.29, 1.82) is 0 Å². The standard InChI is InChI=1S/C36H34N6O8.C31H26N6O10.C29H24N6O7/c1-6-46-34-39-29-13-9-12-28(33(43)48-23(5)49-36(45)47-19-30-22(4)37-20(2)21(3)38-30)31(29)42(34)18-24-14-16-25(17-15-24)26-10-7-8-11-27(26)32-40-35(44)50-41-32;1-3-42-29-32-24-10-6-9-23(28(38)44-17-45-31(40)43-16-25-18(2)37(41)47-34-25)26(24)36(29)15-19-11-13-20(14-12-19)21-7-4-5-8-22(21)27-33-30(39)46-35-27;1-3-39-28-30-23-10-6-9-22(27(36)40-16-24-17(2)35(38)42-32-24)25(23)34(28)15-18-11-13-19(14-12-18)20-7-4-5-8-21(20)26-31-29(37)41-33-26/h7-17,23H,6,18-19H2,1-5H3,(H,40,41,44);4-14H,3,15-17H2,1-2H3,(H-,33,34,35,39,41);4-14H,3,15-16H2,1-2H3,(H-,31,32,33,37,38)/p+2. The molecule has 18 aromatic rings. The monoisotopic (exact) mass is 1890 g/mol. The first-order chi connectivity index (χ1) is 67.3. The highest BCUT2D eigenvalue weighted by atomic mass is 16.8. The van der Waals surface area contributed by atoms with E-state index in [2.05, 4.69) is 79.4 Å². The Morgan fingerprint density at radius 1 is 0.374 bits per heavy atom. The Morgan fingerprint density at radius 3 is 1.09 bits per heavy atom. The van der Waals surface area contributed by atoms with Gasteiger partial charge in [0.1, 0.15) is 6.61 Å². The molecule has 1 unspecified atom stereocenters. The second-order valence-corrected chi connectivity index (χ2v) is 30.7. The number of nitrogens with zero attached hydrogens (tertiary/aromatic N) is 13. The number of aromatic nitrogens is 18. The number of rotatable bonds is 31. The summed E-state index contributed by atoms with van der Waals surface area (Å²) in [6, 6.07) is 62.2. The summed E-state index contributed by atoms with van der Waals surface area (Å²) in [5.74, 6) is -2.98. The lowest BCUT2D eigenvalue weighted by molar-refractivity contribution is -0.718. The molecule has 9 aromatic heterocycles. The van der Waals surface area contributed by atoms with Crippen LogP contribution in [0.1, 0.15) is 121 Å². The van der Waals surface area contributed by atoms with Crippen molar-refractivity contribution in [2.45, 2.75) is 108 Å². The van der Waals surface area contributed by atoms with Crippen LogP contribution in [0, 0.1) is 44.4 Å². The van der Waals surface area contributed by atoms with Crippen LogP contribution in [0.25, 0.3) is 101 Å². The van der Waals surface area contributed by atoms with Crippen LogP contribution >= 0.6 is 0 Å². The van der Waals surface area contributed by atoms with E-state index >= 15 is 0 Å². The van der Waals surface area contributed by atoms with Gasteiger partial charge in [-0.15, -0.1) is 0 Å². The Kier molecular flexibility index (Phi) is 28.4. The number of aromatic amines is 5. The fourth-order valence-electron chi connectivity index (χ4n) is 14.9. The van der Waals surface area contributed by atoms with Crippen molar-refractivity contribution in [3.05, 3.63) is 321 Å². The Balaban J connectivity index is 0.000000151. The first kappa shape index (κ1) is 93.7. The molecule has 18 rings (SSSR count). The number of H-pyrrole nitrogens is 5. The molecule has 9 heterocycles. The summed E-state index contributed by atoms with van der Waals surface area (Å²) in [6.45, 7) is 16.1. The topological polar surface area (TPSA) is 537 Å². The van der Waals surface area contributed by atoms with Gasteiger partial charge < -0.3 is 47.4 Å². The maximum atomic E-state index is 13.5. The third kappa shape index (κ3) is 21.4. The van der Waals surface area contributed by atoms with Crippen LogP contribution in [0.3, 0.4) is 0 Å². The largest absolute Gasteiger partial charge is 0.511 e. The van der Waals surface area contributed by atoms with E-state index in [0.717, 1.165) is 67.0 Å². The highest BCUT2D eigenvalue weighted by Gasteiger charge is 2.29. The molecule has 0 aliphatic heterocycles. The Morgan fingerprint density at radius 2 is 0.727 bits per heavy atom. The van der Waals surface area contributed by atoms with E-state index in [-0.39, 0.29) is 52.6 Å². The highest BCUT2D eigenvalue weighted by Crippen LogP contribution is 2.37. The molecule has 0 fully saturated rings. The van der Waals surface area contributed by atoms with Gasteiger partial charge in [-0.05, 0) is 138 Å². The predicted molar refractivity (Wildman–Crippen MR) is 489 cm³/mol. The van der Waals surface area contributed by atoms with Crippen LogP contribution in [-0.2, 0) is 72.6 Å². The lowest BCUT2D eigenvalue weighted by Gasteiger charge is -2.16. The van der Waals surface area contributed by atoms with Crippen molar-refractivity contribution in [2.75, 3.05) is 26.6 Å². The number of nitrogens with one attached hydrogen (secondary N) is 5. The SMILES string of the molecule is CCOc1nc2cccc(C(=O)OC(C)OC(=O)OCc3nc(C)c(C)nc3C)c2n1Cc1ccc(-c2ccccc2-c2noc(=O)[nH]2)cc1.CCOc1nc2cccc(C(=O)OCOC(=O)OCc3[nH]o[n+](=O)c3C)c2n1Cc1ccc(-c2ccccc2-c2noc(=O)[nH]2)cc1.CCOc1nc2cccc(C(=O)OCc3[nH]o[n+](=O)c3C)c2n1Cc1ccc(-c2ccccc2-c2noc(=O)[nH]2)cc1. The summed E-state index contributed by atoms with van der Waals surface area (Å²) in [6.07, 6.45) is -3.40. The molecule has 0 amide bonds. The summed E-state index contributed by atoms with van der Waals surface area (Å²) in [5, 5.41) is 16.3. The number of fused-ring (bicyclic) bond motifs is 3. The van der Waals surface area contributed by atoms with E-state index in [4.69, 9.17) is 56.4 Å². The molecule has 0 spiro atoms. The second-order valence-electron chi connectivity index (χ2n) is 30.7. The van der Waals surface area contributed by atoms with E-state index in [0.29, 0.717) is 146 Å². The second kappa shape index (κ2) is 42.2. The normalized spacial score (nSPS) is 11.3. The third-order valence-corrected chi connectivity index (χ3v) is 21.8. The molecule has 0 radical (unpaired) electrons. The van der Waals surface area contributed by atoms with Crippen LogP contribution in [0.4, 0.5) is 9.59 Å². The molecule has 0 aliphatic carbocycles. The number of imidazole rings is 3. The van der Waals surface area contributed by atoms with Gasteiger partial charge in [0, 0.05) is 37.5 Å². The number of carbonyl (C=O) groups excluding carboxylic acids is 5. The minimum Gasteiger partial charge on any atom is -0.465 e. The first-order valence-electron chi connectivity index (χ1n) is 43.1. The lowest BCUT2D eigenvalue weighted by atomic mass is 9.98. The fraction of sp³-hybridized carbons (Fsp3) is 0.208. The summed E-state index contributed by atoms with van der Waals surface area (Å²) in [7, 11) is 0. The maximum absolute atomic E-state index is 13.5. The van der Waals surface area contributed by atoms with Crippen LogP contribution in [0.2, 0.25) is 0 Å². The van der Waals surface area contributed by atoms with Crippen molar-refractivity contribution in [2.24, 2.45) is 0 Å². The molecular weight excluding hydrogens is 1810 g/mol. The van der Waals surface area contributed by atoms with Crippen molar-refractivity contribution in [1.82, 2.24) is 79.4 Å². The lowest BCUT2D eigenvalue weighted by Crippen LogP contribution is -2.23. The van der Waals surface area contributed by atoms with Crippen molar-refractivity contribution < 1.29 is 103 Å². The van der Waals surface area contributed by atoms with E-state index in [9.17, 15) is 48.2 Å². The van der Waals surface area contributed by atoms with Crippen molar-refractivity contribution in [3.63, 3.8) is 0 Å². The van der Waals surface area contributed by atoms with Crippen LogP contribution in [0.15, 0.2) is 237 Å². The van der Waals surface area contributed by atoms with Gasteiger partial charge in [0.2, 0.25) is 35.9 Å². The number of ether oxygens (including phenoxy) is 10. The summed E-state index contributed by atoms with van der Waals surface area (Å²) < 4.78 is 83.2. The molecule has 43 heteroatoms. The average molecular weight is 1890 g/mol. The molecule has 0 bridgehead atoms. The molecule has 139 heavy (non-hydrogen) atoms. The van der Waals surface area contributed by atoms with Crippen molar-refractivity contribution in [3.8, 4) is 85.6 Å². The predicted octanol–water partition coefficient (Wildman–Crippen LogP) is 14.2. The van der Waals surface area contributed by atoms with Gasteiger partial charge in [-0.2, -0.15) is 15.0 Å². The van der Waals surface area contributed by atoms with E-state index < -0.39 is 60.6 Å². The minimum absolute atomic E-state index is 0.145. The number of hydrogen-bond donors (Lipinski definition) is 5. The zero-order valence-electron chi connectivity index (χ0n) is 75.7. The van der Waals surface area contributed by atoms with Crippen LogP contribution in [-0.4, -0.2) is 142 Å². The Bertz CT molecular complexity index is 7880. The molecule has 0 saturated heterocycles. The zero-order chi connectivity index (χ0) is 97.5. The van der Waals surface area contributed by atoms with Gasteiger partial charge in [0.05, 0.1) is 112 Å². The van der Waals surface area contributed by atoms with E-state index in [1.54, 1.807) is 77.6 Å². The molecule has 0 saturated carbocycles. The summed E-state index contributed by atoms with van der Waals surface area (Å²) in [4.78, 5) is 152. The smallest absolute Gasteiger partial charge is 0.465 e. The minimum atomic E-state index is -1.26. The molecule has 5 N–H and O–H groups in total. The number of aryl methyl sites for hydroxylation is 3. The van der Waals surface area contributed by atoms with Gasteiger partial charge in [-0.1, -0.05) is 199 Å². The van der Waals surface area contributed by atoms with E-state index in [1.165, 1.54) is 13.8 Å². The molecule has 708 valence electrons. The Hall–Kier alpha value is -18.5.